The third kappa shape index (κ3) is 2.55. The fraction of sp³-hybridized carbons (Fsp3) is 0.500. The molecule has 0 amide bonds. The quantitative estimate of drug-likeness (QED) is 0.896. The van der Waals surface area contributed by atoms with Gasteiger partial charge in [0.25, 0.3) is 0 Å². The number of hydrogen-bond donors (Lipinski definition) is 2. The normalized spacial score (nSPS) is 24.7. The van der Waals surface area contributed by atoms with Crippen LogP contribution in [0.3, 0.4) is 0 Å². The number of halogens is 2. The Labute approximate surface area is 104 Å². The second kappa shape index (κ2) is 5.15. The molecule has 1 aliphatic rings. The average molecular weight is 287 g/mol. The highest BCUT2D eigenvalue weighted by molar-refractivity contribution is 9.10. The highest BCUT2D eigenvalue weighted by Crippen LogP contribution is 2.29. The van der Waals surface area contributed by atoms with E-state index in [4.69, 9.17) is 5.73 Å². The van der Waals surface area contributed by atoms with Crippen molar-refractivity contribution >= 4 is 21.6 Å². The molecule has 0 spiro atoms. The smallest absolute Gasteiger partial charge is 0.146 e. The van der Waals surface area contributed by atoms with Crippen LogP contribution in [0.25, 0.3) is 0 Å². The zero-order valence-corrected chi connectivity index (χ0v) is 10.6. The molecule has 0 radical (unpaired) electrons. The molecule has 2 rings (SSSR count). The van der Waals surface area contributed by atoms with Gasteiger partial charge < -0.3 is 11.1 Å². The van der Waals surface area contributed by atoms with E-state index in [-0.39, 0.29) is 5.82 Å². The summed E-state index contributed by atoms with van der Waals surface area (Å²) < 4.78 is 14.4. The average Bonchev–Trinajstić information content (AvgIpc) is 2.71. The van der Waals surface area contributed by atoms with Crippen molar-refractivity contribution in [1.82, 2.24) is 0 Å². The summed E-state index contributed by atoms with van der Waals surface area (Å²) in [6.45, 7) is 0.674. The minimum absolute atomic E-state index is 0.203. The van der Waals surface area contributed by atoms with Gasteiger partial charge in [-0.05, 0) is 43.5 Å². The molecule has 2 atom stereocenters. The Hall–Kier alpha value is -0.610. The molecular weight excluding hydrogens is 271 g/mol. The number of nitrogens with one attached hydrogen (secondary N) is 1. The van der Waals surface area contributed by atoms with Gasteiger partial charge in [0.2, 0.25) is 0 Å². The van der Waals surface area contributed by atoms with E-state index in [9.17, 15) is 4.39 Å². The molecule has 88 valence electrons. The minimum atomic E-state index is -0.203. The van der Waals surface area contributed by atoms with Gasteiger partial charge in [-0.25, -0.2) is 4.39 Å². The Bertz CT molecular complexity index is 370. The zero-order chi connectivity index (χ0) is 11.5. The third-order valence-electron chi connectivity index (χ3n) is 3.23. The summed E-state index contributed by atoms with van der Waals surface area (Å²) in [6.07, 6.45) is 3.40. The van der Waals surface area contributed by atoms with Gasteiger partial charge in [-0.3, -0.25) is 0 Å². The Kier molecular flexibility index (Phi) is 3.82. The maximum Gasteiger partial charge on any atom is 0.146 e. The van der Waals surface area contributed by atoms with Crippen molar-refractivity contribution in [3.8, 4) is 0 Å². The first-order valence-corrected chi connectivity index (χ1v) is 6.41. The lowest BCUT2D eigenvalue weighted by Gasteiger charge is -2.21. The van der Waals surface area contributed by atoms with E-state index in [0.717, 1.165) is 17.3 Å². The number of anilines is 1. The summed E-state index contributed by atoms with van der Waals surface area (Å²) in [6, 6.07) is 5.27. The van der Waals surface area contributed by atoms with Crippen LogP contribution in [0.1, 0.15) is 19.3 Å². The van der Waals surface area contributed by atoms with E-state index in [1.54, 1.807) is 12.1 Å². The van der Waals surface area contributed by atoms with Crippen molar-refractivity contribution in [2.75, 3.05) is 11.9 Å². The lowest BCUT2D eigenvalue weighted by Crippen LogP contribution is -2.29. The summed E-state index contributed by atoms with van der Waals surface area (Å²) in [5, 5.41) is 3.27. The van der Waals surface area contributed by atoms with E-state index in [1.165, 1.54) is 12.5 Å². The summed E-state index contributed by atoms with van der Waals surface area (Å²) >= 11 is 3.35. The number of benzene rings is 1. The van der Waals surface area contributed by atoms with E-state index in [1.807, 2.05) is 0 Å². The monoisotopic (exact) mass is 286 g/mol. The first-order chi connectivity index (χ1) is 7.70. The largest absolute Gasteiger partial charge is 0.380 e. The SMILES string of the molecule is NCC1CCCC1Nc1cc(Br)ccc1F. The molecule has 1 saturated carbocycles. The molecule has 0 heterocycles. The van der Waals surface area contributed by atoms with Crippen LogP contribution in [0.4, 0.5) is 10.1 Å². The standard InChI is InChI=1S/C12H16BrFN2/c13-9-4-5-10(14)12(6-9)16-11-3-1-2-8(11)7-15/h4-6,8,11,16H,1-3,7,15H2. The molecule has 2 unspecified atom stereocenters. The van der Waals surface area contributed by atoms with E-state index in [2.05, 4.69) is 21.2 Å². The molecule has 0 saturated heterocycles. The molecule has 0 aromatic heterocycles. The van der Waals surface area contributed by atoms with Gasteiger partial charge in [-0.15, -0.1) is 0 Å². The Morgan fingerprint density at radius 1 is 1.44 bits per heavy atom. The zero-order valence-electron chi connectivity index (χ0n) is 9.05. The fourth-order valence-corrected chi connectivity index (χ4v) is 2.68. The molecule has 3 N–H and O–H groups in total. The molecule has 4 heteroatoms. The van der Waals surface area contributed by atoms with Crippen LogP contribution < -0.4 is 11.1 Å². The van der Waals surface area contributed by atoms with Gasteiger partial charge in [0, 0.05) is 10.5 Å². The van der Waals surface area contributed by atoms with Crippen molar-refractivity contribution < 1.29 is 4.39 Å². The number of nitrogens with two attached hydrogens (primary N) is 1. The van der Waals surface area contributed by atoms with E-state index in [0.29, 0.717) is 24.2 Å². The highest BCUT2D eigenvalue weighted by Gasteiger charge is 2.26. The first kappa shape index (κ1) is 11.9. The van der Waals surface area contributed by atoms with Crippen LogP contribution in [0, 0.1) is 11.7 Å². The lowest BCUT2D eigenvalue weighted by atomic mass is 10.0. The Morgan fingerprint density at radius 2 is 2.25 bits per heavy atom. The van der Waals surface area contributed by atoms with Gasteiger partial charge in [0.05, 0.1) is 5.69 Å². The van der Waals surface area contributed by atoms with Crippen LogP contribution in [0.5, 0.6) is 0 Å². The van der Waals surface area contributed by atoms with Gasteiger partial charge >= 0.3 is 0 Å². The summed E-state index contributed by atoms with van der Waals surface area (Å²) in [5.74, 6) is 0.268. The van der Waals surface area contributed by atoms with Crippen molar-refractivity contribution in [1.29, 1.82) is 0 Å². The molecule has 16 heavy (non-hydrogen) atoms. The first-order valence-electron chi connectivity index (χ1n) is 5.62. The highest BCUT2D eigenvalue weighted by atomic mass is 79.9. The molecule has 1 aromatic rings. The van der Waals surface area contributed by atoms with Crippen molar-refractivity contribution in [2.24, 2.45) is 11.7 Å². The maximum absolute atomic E-state index is 13.5. The van der Waals surface area contributed by atoms with Crippen molar-refractivity contribution in [3.05, 3.63) is 28.5 Å². The van der Waals surface area contributed by atoms with E-state index >= 15 is 0 Å². The van der Waals surface area contributed by atoms with E-state index < -0.39 is 0 Å². The summed E-state index contributed by atoms with van der Waals surface area (Å²) in [7, 11) is 0. The number of rotatable bonds is 3. The Balaban J connectivity index is 2.11. The van der Waals surface area contributed by atoms with Gasteiger partial charge in [-0.1, -0.05) is 22.4 Å². The summed E-state index contributed by atoms with van der Waals surface area (Å²) in [4.78, 5) is 0. The molecule has 1 aromatic carbocycles. The van der Waals surface area contributed by atoms with Gasteiger partial charge in [0.1, 0.15) is 5.82 Å². The third-order valence-corrected chi connectivity index (χ3v) is 3.72. The van der Waals surface area contributed by atoms with Crippen molar-refractivity contribution in [2.45, 2.75) is 25.3 Å². The molecule has 1 fully saturated rings. The van der Waals surface area contributed by atoms with Gasteiger partial charge in [0.15, 0.2) is 0 Å². The fourth-order valence-electron chi connectivity index (χ4n) is 2.32. The predicted octanol–water partition coefficient (Wildman–Crippen LogP) is 3.13. The van der Waals surface area contributed by atoms with Crippen LogP contribution in [-0.4, -0.2) is 12.6 Å². The second-order valence-corrected chi connectivity index (χ2v) is 5.22. The molecule has 1 aliphatic carbocycles. The summed E-state index contributed by atoms with van der Waals surface area (Å²) in [5.41, 5.74) is 6.27. The number of hydrogen-bond acceptors (Lipinski definition) is 2. The molecule has 0 aliphatic heterocycles. The van der Waals surface area contributed by atoms with Crippen molar-refractivity contribution in [3.63, 3.8) is 0 Å². The lowest BCUT2D eigenvalue weighted by molar-refractivity contribution is 0.513. The van der Waals surface area contributed by atoms with Crippen LogP contribution in [0.2, 0.25) is 0 Å². The molecular formula is C12H16BrFN2. The van der Waals surface area contributed by atoms with Gasteiger partial charge in [-0.2, -0.15) is 0 Å². The Morgan fingerprint density at radius 3 is 3.00 bits per heavy atom. The minimum Gasteiger partial charge on any atom is -0.380 e. The molecule has 0 bridgehead atoms. The predicted molar refractivity (Wildman–Crippen MR) is 67.9 cm³/mol. The van der Waals surface area contributed by atoms with Crippen LogP contribution in [-0.2, 0) is 0 Å². The second-order valence-electron chi connectivity index (χ2n) is 4.30. The topological polar surface area (TPSA) is 38.0 Å². The molecule has 2 nitrogen and oxygen atoms in total. The van der Waals surface area contributed by atoms with Crippen LogP contribution >= 0.6 is 15.9 Å². The van der Waals surface area contributed by atoms with Crippen LogP contribution in [0.15, 0.2) is 22.7 Å². The maximum atomic E-state index is 13.5.